The Morgan fingerprint density at radius 1 is 1.14 bits per heavy atom. The van der Waals surface area contributed by atoms with E-state index >= 15 is 0 Å². The van der Waals surface area contributed by atoms with Crippen LogP contribution in [0.5, 0.6) is 5.75 Å². The first-order valence-electron chi connectivity index (χ1n) is 9.21. The molecule has 1 fully saturated rings. The number of sulfonamides is 1. The number of carbonyl (C=O) groups excluding carboxylic acids is 1. The first kappa shape index (κ1) is 20.3. The van der Waals surface area contributed by atoms with E-state index in [4.69, 9.17) is 4.74 Å². The maximum Gasteiger partial charge on any atom is 0.243 e. The topological polar surface area (TPSA) is 75.7 Å². The Morgan fingerprint density at radius 3 is 2.57 bits per heavy atom. The van der Waals surface area contributed by atoms with Crippen molar-refractivity contribution in [2.75, 3.05) is 19.7 Å². The van der Waals surface area contributed by atoms with Crippen LogP contribution in [0.25, 0.3) is 0 Å². The number of hydrogen-bond donors (Lipinski definition) is 1. The van der Waals surface area contributed by atoms with Crippen LogP contribution in [-0.2, 0) is 14.8 Å². The summed E-state index contributed by atoms with van der Waals surface area (Å²) in [6.07, 6.45) is 1.68. The minimum absolute atomic E-state index is 0.00939. The molecule has 1 N–H and O–H groups in total. The standard InChI is InChI=1S/C20H23FN2O4S/c21-16-9-11-18(12-10-16)28(25,26)23-14-4-8-19(23)20(24)22-13-5-15-27-17-6-2-1-3-7-17/h1-3,6-7,9-12,19H,4-5,8,13-15H2,(H,22,24). The predicted molar refractivity (Wildman–Crippen MR) is 103 cm³/mol. The number of rotatable bonds is 8. The molecule has 1 aliphatic heterocycles. The quantitative estimate of drug-likeness (QED) is 0.684. The van der Waals surface area contributed by atoms with Gasteiger partial charge in [0.15, 0.2) is 0 Å². The Kier molecular flexibility index (Phi) is 6.64. The molecule has 0 radical (unpaired) electrons. The van der Waals surface area contributed by atoms with Crippen molar-refractivity contribution in [3.8, 4) is 5.75 Å². The zero-order valence-corrected chi connectivity index (χ0v) is 16.2. The highest BCUT2D eigenvalue weighted by Crippen LogP contribution is 2.26. The van der Waals surface area contributed by atoms with Crippen LogP contribution in [0.15, 0.2) is 59.5 Å². The van der Waals surface area contributed by atoms with E-state index in [0.29, 0.717) is 32.4 Å². The molecule has 1 atom stereocenters. The normalized spacial score (nSPS) is 17.4. The van der Waals surface area contributed by atoms with Crippen molar-refractivity contribution in [2.45, 2.75) is 30.2 Å². The van der Waals surface area contributed by atoms with Gasteiger partial charge in [0.1, 0.15) is 17.6 Å². The highest BCUT2D eigenvalue weighted by molar-refractivity contribution is 7.89. The van der Waals surface area contributed by atoms with E-state index in [1.807, 2.05) is 30.3 Å². The Balaban J connectivity index is 1.52. The van der Waals surface area contributed by atoms with Crippen LogP contribution in [0.2, 0.25) is 0 Å². The molecule has 150 valence electrons. The van der Waals surface area contributed by atoms with E-state index in [1.165, 1.54) is 16.4 Å². The number of nitrogens with one attached hydrogen (secondary N) is 1. The van der Waals surface area contributed by atoms with Gasteiger partial charge < -0.3 is 10.1 Å². The first-order chi connectivity index (χ1) is 13.5. The third kappa shape index (κ3) is 4.88. The average Bonchev–Trinajstić information content (AvgIpc) is 3.20. The number of para-hydroxylation sites is 1. The number of benzene rings is 2. The van der Waals surface area contributed by atoms with Crippen LogP contribution < -0.4 is 10.1 Å². The zero-order chi connectivity index (χ0) is 20.0. The van der Waals surface area contributed by atoms with Crippen LogP contribution in [0.3, 0.4) is 0 Å². The molecule has 1 amide bonds. The van der Waals surface area contributed by atoms with E-state index in [-0.39, 0.29) is 17.3 Å². The second-order valence-corrected chi connectivity index (χ2v) is 8.42. The summed E-state index contributed by atoms with van der Waals surface area (Å²) < 4.78 is 45.5. The second kappa shape index (κ2) is 9.16. The summed E-state index contributed by atoms with van der Waals surface area (Å²) in [6, 6.07) is 13.3. The van der Waals surface area contributed by atoms with Crippen molar-refractivity contribution < 1.29 is 22.3 Å². The lowest BCUT2D eigenvalue weighted by atomic mass is 10.2. The van der Waals surface area contributed by atoms with Gasteiger partial charge >= 0.3 is 0 Å². The summed E-state index contributed by atoms with van der Waals surface area (Å²) >= 11 is 0. The predicted octanol–water partition coefficient (Wildman–Crippen LogP) is 2.56. The third-order valence-corrected chi connectivity index (χ3v) is 6.48. The summed E-state index contributed by atoms with van der Waals surface area (Å²) in [7, 11) is -3.84. The van der Waals surface area contributed by atoms with Gasteiger partial charge in [-0.3, -0.25) is 4.79 Å². The van der Waals surface area contributed by atoms with Crippen molar-refractivity contribution in [1.82, 2.24) is 9.62 Å². The molecule has 8 heteroatoms. The van der Waals surface area contributed by atoms with Crippen molar-refractivity contribution in [3.05, 3.63) is 60.4 Å². The summed E-state index contributed by atoms with van der Waals surface area (Å²) in [4.78, 5) is 12.5. The lowest BCUT2D eigenvalue weighted by Crippen LogP contribution is -2.46. The lowest BCUT2D eigenvalue weighted by Gasteiger charge is -2.23. The maximum atomic E-state index is 13.1. The van der Waals surface area contributed by atoms with Gasteiger partial charge in [-0.2, -0.15) is 4.31 Å². The SMILES string of the molecule is O=C(NCCCOc1ccccc1)C1CCCN1S(=O)(=O)c1ccc(F)cc1. The number of halogens is 1. The molecule has 1 saturated heterocycles. The first-order valence-corrected chi connectivity index (χ1v) is 10.7. The van der Waals surface area contributed by atoms with Gasteiger partial charge in [-0.1, -0.05) is 18.2 Å². The molecule has 0 saturated carbocycles. The largest absolute Gasteiger partial charge is 0.494 e. The number of hydrogen-bond acceptors (Lipinski definition) is 4. The molecule has 1 unspecified atom stereocenters. The molecule has 6 nitrogen and oxygen atoms in total. The number of amides is 1. The monoisotopic (exact) mass is 406 g/mol. The van der Waals surface area contributed by atoms with Crippen LogP contribution in [0.1, 0.15) is 19.3 Å². The van der Waals surface area contributed by atoms with Crippen molar-refractivity contribution in [2.24, 2.45) is 0 Å². The molecular weight excluding hydrogens is 383 g/mol. The number of ether oxygens (including phenoxy) is 1. The minimum Gasteiger partial charge on any atom is -0.494 e. The molecule has 0 aliphatic carbocycles. The highest BCUT2D eigenvalue weighted by Gasteiger charge is 2.39. The molecule has 2 aromatic rings. The molecule has 1 aliphatic rings. The van der Waals surface area contributed by atoms with Crippen LogP contribution >= 0.6 is 0 Å². The fourth-order valence-corrected chi connectivity index (χ4v) is 4.80. The summed E-state index contributed by atoms with van der Waals surface area (Å²) in [5.74, 6) is -0.0588. The molecule has 0 aromatic heterocycles. The van der Waals surface area contributed by atoms with Gasteiger partial charge in [0.05, 0.1) is 11.5 Å². The minimum atomic E-state index is -3.84. The summed E-state index contributed by atoms with van der Waals surface area (Å²) in [5.41, 5.74) is 0. The third-order valence-electron chi connectivity index (χ3n) is 4.56. The lowest BCUT2D eigenvalue weighted by molar-refractivity contribution is -0.124. The molecular formula is C20H23FN2O4S. The van der Waals surface area contributed by atoms with E-state index in [0.717, 1.165) is 17.9 Å². The average molecular weight is 406 g/mol. The maximum absolute atomic E-state index is 13.1. The molecule has 0 spiro atoms. The van der Waals surface area contributed by atoms with Crippen molar-refractivity contribution >= 4 is 15.9 Å². The molecule has 1 heterocycles. The van der Waals surface area contributed by atoms with Gasteiger partial charge in [0.25, 0.3) is 0 Å². The fraction of sp³-hybridized carbons (Fsp3) is 0.350. The fourth-order valence-electron chi connectivity index (χ4n) is 3.14. The van der Waals surface area contributed by atoms with Gasteiger partial charge in [-0.25, -0.2) is 12.8 Å². The second-order valence-electron chi connectivity index (χ2n) is 6.53. The van der Waals surface area contributed by atoms with Gasteiger partial charge in [-0.05, 0) is 55.7 Å². The Labute approximate surface area is 164 Å². The van der Waals surface area contributed by atoms with E-state index in [2.05, 4.69) is 5.32 Å². The van der Waals surface area contributed by atoms with Crippen molar-refractivity contribution in [1.29, 1.82) is 0 Å². The van der Waals surface area contributed by atoms with E-state index in [9.17, 15) is 17.6 Å². The number of carbonyl (C=O) groups is 1. The smallest absolute Gasteiger partial charge is 0.243 e. The van der Waals surface area contributed by atoms with Gasteiger partial charge in [-0.15, -0.1) is 0 Å². The van der Waals surface area contributed by atoms with Gasteiger partial charge in [0, 0.05) is 13.1 Å². The van der Waals surface area contributed by atoms with Crippen LogP contribution in [0.4, 0.5) is 4.39 Å². The summed E-state index contributed by atoms with van der Waals surface area (Å²) in [6.45, 7) is 1.12. The molecule has 28 heavy (non-hydrogen) atoms. The zero-order valence-electron chi connectivity index (χ0n) is 15.4. The Hall–Kier alpha value is -2.45. The van der Waals surface area contributed by atoms with E-state index < -0.39 is 21.9 Å². The number of nitrogens with zero attached hydrogens (tertiary/aromatic N) is 1. The van der Waals surface area contributed by atoms with Crippen LogP contribution in [0, 0.1) is 5.82 Å². The Bertz CT molecular complexity index is 888. The highest BCUT2D eigenvalue weighted by atomic mass is 32.2. The molecule has 2 aromatic carbocycles. The summed E-state index contributed by atoms with van der Waals surface area (Å²) in [5, 5.41) is 2.79. The van der Waals surface area contributed by atoms with E-state index in [1.54, 1.807) is 0 Å². The van der Waals surface area contributed by atoms with Crippen LogP contribution in [-0.4, -0.2) is 44.4 Å². The Morgan fingerprint density at radius 2 is 1.86 bits per heavy atom. The van der Waals surface area contributed by atoms with Crippen molar-refractivity contribution in [3.63, 3.8) is 0 Å². The molecule has 3 rings (SSSR count). The molecule has 0 bridgehead atoms. The van der Waals surface area contributed by atoms with Gasteiger partial charge in [0.2, 0.25) is 15.9 Å².